The van der Waals surface area contributed by atoms with E-state index in [4.69, 9.17) is 4.42 Å². The summed E-state index contributed by atoms with van der Waals surface area (Å²) in [7, 11) is 0. The largest absolute Gasteiger partial charge is 0.420 e. The summed E-state index contributed by atoms with van der Waals surface area (Å²) in [6.07, 6.45) is 5.59. The van der Waals surface area contributed by atoms with Gasteiger partial charge >= 0.3 is 5.76 Å². The molecule has 0 spiro atoms. The molecular formula is C18H20N4O3. The number of carbonyl (C=O) groups excluding carboxylic acids is 1. The van der Waals surface area contributed by atoms with Gasteiger partial charge < -0.3 is 9.73 Å². The Hall–Kier alpha value is -2.83. The minimum absolute atomic E-state index is 0.0670. The van der Waals surface area contributed by atoms with Gasteiger partial charge in [0, 0.05) is 5.69 Å². The standard InChI is InChI=1S/C18H20N4O3/c23-17(11-22-15-8-4-5-9-16(15)25-18(22)24)19-10-14-12-6-2-1-3-7-13(12)20-21-14/h4-5,8-9H,1-3,6-7,10-11H2,(H,19,23)(H,20,21). The number of aryl methyl sites for hydroxylation is 1. The quantitative estimate of drug-likeness (QED) is 0.710. The lowest BCUT2D eigenvalue weighted by atomic mass is 10.1. The average molecular weight is 340 g/mol. The van der Waals surface area contributed by atoms with Crippen LogP contribution in [0.2, 0.25) is 0 Å². The van der Waals surface area contributed by atoms with E-state index in [1.54, 1.807) is 18.2 Å². The summed E-state index contributed by atoms with van der Waals surface area (Å²) in [5, 5.41) is 10.3. The highest BCUT2D eigenvalue weighted by Gasteiger charge is 2.17. The maximum atomic E-state index is 12.3. The van der Waals surface area contributed by atoms with Gasteiger partial charge in [0.05, 0.1) is 17.8 Å². The van der Waals surface area contributed by atoms with Gasteiger partial charge in [-0.05, 0) is 43.4 Å². The lowest BCUT2D eigenvalue weighted by molar-refractivity contribution is -0.121. The van der Waals surface area contributed by atoms with Crippen LogP contribution in [0.3, 0.4) is 0 Å². The zero-order valence-corrected chi connectivity index (χ0v) is 13.9. The van der Waals surface area contributed by atoms with Crippen molar-refractivity contribution in [2.24, 2.45) is 0 Å². The number of benzene rings is 1. The van der Waals surface area contributed by atoms with E-state index in [2.05, 4.69) is 15.5 Å². The smallest absolute Gasteiger partial charge is 0.408 e. The van der Waals surface area contributed by atoms with E-state index in [0.717, 1.165) is 25.0 Å². The number of hydrogen-bond acceptors (Lipinski definition) is 4. The van der Waals surface area contributed by atoms with Crippen molar-refractivity contribution in [1.82, 2.24) is 20.1 Å². The van der Waals surface area contributed by atoms with Gasteiger partial charge in [-0.1, -0.05) is 18.6 Å². The van der Waals surface area contributed by atoms with Crippen LogP contribution in [0.25, 0.3) is 11.1 Å². The Bertz CT molecular complexity index is 966. The fraction of sp³-hybridized carbons (Fsp3) is 0.389. The molecule has 1 aliphatic rings. The first kappa shape index (κ1) is 15.7. The molecule has 0 fully saturated rings. The molecule has 7 heteroatoms. The second-order valence-electron chi connectivity index (χ2n) is 6.39. The molecule has 1 aromatic carbocycles. The van der Waals surface area contributed by atoms with E-state index in [-0.39, 0.29) is 12.5 Å². The monoisotopic (exact) mass is 340 g/mol. The fourth-order valence-electron chi connectivity index (χ4n) is 3.42. The number of aromatic amines is 1. The third-order valence-electron chi connectivity index (χ3n) is 4.72. The summed E-state index contributed by atoms with van der Waals surface area (Å²) in [6.45, 7) is 0.303. The van der Waals surface area contributed by atoms with Gasteiger partial charge in [-0.25, -0.2) is 4.79 Å². The summed E-state index contributed by atoms with van der Waals surface area (Å²) in [6, 6.07) is 7.08. The topological polar surface area (TPSA) is 92.9 Å². The first-order chi connectivity index (χ1) is 12.2. The molecule has 130 valence electrons. The van der Waals surface area contributed by atoms with Crippen molar-refractivity contribution in [3.05, 3.63) is 51.8 Å². The van der Waals surface area contributed by atoms with E-state index in [1.807, 2.05) is 6.07 Å². The molecule has 3 aromatic rings. The molecule has 0 atom stereocenters. The van der Waals surface area contributed by atoms with Crippen molar-refractivity contribution < 1.29 is 9.21 Å². The normalized spacial score (nSPS) is 14.2. The molecular weight excluding hydrogens is 320 g/mol. The second kappa shape index (κ2) is 6.58. The van der Waals surface area contributed by atoms with Crippen LogP contribution in [0, 0.1) is 0 Å². The molecule has 0 saturated heterocycles. The Balaban J connectivity index is 1.45. The zero-order valence-electron chi connectivity index (χ0n) is 13.9. The van der Waals surface area contributed by atoms with Crippen molar-refractivity contribution in [2.45, 2.75) is 45.2 Å². The van der Waals surface area contributed by atoms with Crippen LogP contribution in [0.4, 0.5) is 0 Å². The minimum Gasteiger partial charge on any atom is -0.408 e. The first-order valence-corrected chi connectivity index (χ1v) is 8.62. The lowest BCUT2D eigenvalue weighted by Crippen LogP contribution is -2.30. The number of hydrogen-bond donors (Lipinski definition) is 2. The predicted molar refractivity (Wildman–Crippen MR) is 92.2 cm³/mol. The Morgan fingerprint density at radius 1 is 1.24 bits per heavy atom. The molecule has 0 aliphatic heterocycles. The molecule has 0 saturated carbocycles. The van der Waals surface area contributed by atoms with Crippen LogP contribution in [0.5, 0.6) is 0 Å². The summed E-state index contributed by atoms with van der Waals surface area (Å²) >= 11 is 0. The van der Waals surface area contributed by atoms with Gasteiger partial charge in [-0.15, -0.1) is 0 Å². The van der Waals surface area contributed by atoms with E-state index in [0.29, 0.717) is 17.6 Å². The maximum absolute atomic E-state index is 12.3. The molecule has 2 heterocycles. The van der Waals surface area contributed by atoms with Crippen molar-refractivity contribution in [3.63, 3.8) is 0 Å². The van der Waals surface area contributed by atoms with Crippen LogP contribution in [0.1, 0.15) is 36.2 Å². The molecule has 0 radical (unpaired) electrons. The number of amides is 1. The van der Waals surface area contributed by atoms with Gasteiger partial charge in [-0.3, -0.25) is 14.5 Å². The number of nitrogens with zero attached hydrogens (tertiary/aromatic N) is 2. The highest BCUT2D eigenvalue weighted by atomic mass is 16.4. The van der Waals surface area contributed by atoms with E-state index >= 15 is 0 Å². The van der Waals surface area contributed by atoms with Crippen LogP contribution in [-0.4, -0.2) is 20.7 Å². The van der Waals surface area contributed by atoms with Crippen LogP contribution in [-0.2, 0) is 30.7 Å². The van der Waals surface area contributed by atoms with Crippen molar-refractivity contribution >= 4 is 17.0 Å². The third kappa shape index (κ3) is 3.09. The summed E-state index contributed by atoms with van der Waals surface area (Å²) in [5.41, 5.74) is 4.44. The molecule has 25 heavy (non-hydrogen) atoms. The predicted octanol–water partition coefficient (Wildman–Crippen LogP) is 1.90. The number of carbonyl (C=O) groups is 1. The molecule has 0 unspecified atom stereocenters. The molecule has 2 N–H and O–H groups in total. The van der Waals surface area contributed by atoms with E-state index in [9.17, 15) is 9.59 Å². The number of H-pyrrole nitrogens is 1. The van der Waals surface area contributed by atoms with Gasteiger partial charge in [0.2, 0.25) is 5.91 Å². The Kier molecular flexibility index (Phi) is 4.13. The molecule has 7 nitrogen and oxygen atoms in total. The Morgan fingerprint density at radius 2 is 2.08 bits per heavy atom. The van der Waals surface area contributed by atoms with E-state index in [1.165, 1.54) is 28.7 Å². The SMILES string of the molecule is O=C(Cn1c(=O)oc2ccccc21)NCc1n[nH]c2c1CCCCC2. The van der Waals surface area contributed by atoms with Crippen molar-refractivity contribution in [1.29, 1.82) is 0 Å². The molecule has 2 aromatic heterocycles. The van der Waals surface area contributed by atoms with Crippen LogP contribution >= 0.6 is 0 Å². The summed E-state index contributed by atoms with van der Waals surface area (Å²) in [5.74, 6) is -0.760. The van der Waals surface area contributed by atoms with Crippen LogP contribution in [0.15, 0.2) is 33.5 Å². The maximum Gasteiger partial charge on any atom is 0.420 e. The van der Waals surface area contributed by atoms with Gasteiger partial charge in [0.15, 0.2) is 5.58 Å². The number of oxazole rings is 1. The molecule has 1 aliphatic carbocycles. The fourth-order valence-corrected chi connectivity index (χ4v) is 3.42. The van der Waals surface area contributed by atoms with Gasteiger partial charge in [0.1, 0.15) is 6.54 Å². The van der Waals surface area contributed by atoms with E-state index < -0.39 is 5.76 Å². The zero-order chi connectivity index (χ0) is 17.2. The minimum atomic E-state index is -0.523. The molecule has 1 amide bonds. The van der Waals surface area contributed by atoms with Crippen molar-refractivity contribution in [3.8, 4) is 0 Å². The molecule has 4 rings (SSSR count). The number of nitrogens with one attached hydrogen (secondary N) is 2. The van der Waals surface area contributed by atoms with Crippen LogP contribution < -0.4 is 11.1 Å². The highest BCUT2D eigenvalue weighted by molar-refractivity contribution is 5.79. The van der Waals surface area contributed by atoms with Gasteiger partial charge in [-0.2, -0.15) is 5.10 Å². The number of fused-ring (bicyclic) bond motifs is 2. The number of para-hydroxylation sites is 2. The number of rotatable bonds is 4. The van der Waals surface area contributed by atoms with Crippen molar-refractivity contribution in [2.75, 3.05) is 0 Å². The Labute approximate surface area is 144 Å². The second-order valence-corrected chi connectivity index (χ2v) is 6.39. The summed E-state index contributed by atoms with van der Waals surface area (Å²) < 4.78 is 6.49. The average Bonchev–Trinajstić information content (AvgIpc) is 3.04. The third-order valence-corrected chi connectivity index (χ3v) is 4.72. The Morgan fingerprint density at radius 3 is 3.00 bits per heavy atom. The first-order valence-electron chi connectivity index (χ1n) is 8.62. The molecule has 0 bridgehead atoms. The number of aromatic nitrogens is 3. The van der Waals surface area contributed by atoms with Gasteiger partial charge in [0.25, 0.3) is 0 Å². The highest BCUT2D eigenvalue weighted by Crippen LogP contribution is 2.21. The lowest BCUT2D eigenvalue weighted by Gasteiger charge is -2.06. The summed E-state index contributed by atoms with van der Waals surface area (Å²) in [4.78, 5) is 24.2.